The Morgan fingerprint density at radius 2 is 1.97 bits per heavy atom. The standard InChI is InChI=1S/C20H22FN5O3/c1-12-16(13(2)25(3)23-12)10-22-19(27)11-26-20(28)8-7-17(24-26)15-6-5-14(21)9-18(15)29-4/h5-9H,10-11H2,1-4H3,(H,22,27). The Labute approximate surface area is 166 Å². The third-order valence-electron chi connectivity index (χ3n) is 4.72. The Morgan fingerprint density at radius 3 is 2.62 bits per heavy atom. The zero-order valence-corrected chi connectivity index (χ0v) is 16.7. The molecule has 3 rings (SSSR count). The first-order chi connectivity index (χ1) is 13.8. The van der Waals surface area contributed by atoms with Crippen molar-refractivity contribution in [1.82, 2.24) is 24.9 Å². The van der Waals surface area contributed by atoms with E-state index in [9.17, 15) is 14.0 Å². The number of aryl methyl sites for hydroxylation is 2. The van der Waals surface area contributed by atoms with Gasteiger partial charge in [0.2, 0.25) is 5.91 Å². The molecule has 8 nitrogen and oxygen atoms in total. The molecule has 0 saturated carbocycles. The lowest BCUT2D eigenvalue weighted by atomic mass is 10.1. The van der Waals surface area contributed by atoms with Crippen LogP contribution < -0.4 is 15.6 Å². The van der Waals surface area contributed by atoms with Crippen LogP contribution in [0.2, 0.25) is 0 Å². The van der Waals surface area contributed by atoms with E-state index in [0.29, 0.717) is 17.8 Å². The van der Waals surface area contributed by atoms with Crippen LogP contribution in [0.5, 0.6) is 5.75 Å². The minimum Gasteiger partial charge on any atom is -0.496 e. The summed E-state index contributed by atoms with van der Waals surface area (Å²) >= 11 is 0. The van der Waals surface area contributed by atoms with Gasteiger partial charge in [0.05, 0.1) is 18.5 Å². The molecular formula is C20H22FN5O3. The van der Waals surface area contributed by atoms with Crippen LogP contribution >= 0.6 is 0 Å². The molecule has 0 aliphatic rings. The van der Waals surface area contributed by atoms with Crippen LogP contribution in [0.25, 0.3) is 11.3 Å². The number of methoxy groups -OCH3 is 1. The van der Waals surface area contributed by atoms with Crippen molar-refractivity contribution in [3.63, 3.8) is 0 Å². The van der Waals surface area contributed by atoms with Crippen LogP contribution in [-0.2, 0) is 24.9 Å². The third-order valence-corrected chi connectivity index (χ3v) is 4.72. The fourth-order valence-corrected chi connectivity index (χ4v) is 3.03. The highest BCUT2D eigenvalue weighted by Gasteiger charge is 2.14. The Balaban J connectivity index is 1.78. The molecule has 0 aliphatic carbocycles. The number of nitrogens with zero attached hydrogens (tertiary/aromatic N) is 4. The van der Waals surface area contributed by atoms with Gasteiger partial charge in [0, 0.05) is 42.5 Å². The van der Waals surface area contributed by atoms with Crippen LogP contribution in [-0.4, -0.2) is 32.6 Å². The minimum absolute atomic E-state index is 0.242. The summed E-state index contributed by atoms with van der Waals surface area (Å²) in [5.41, 5.74) is 3.23. The van der Waals surface area contributed by atoms with Gasteiger partial charge < -0.3 is 10.1 Å². The number of carbonyl (C=O) groups is 1. The van der Waals surface area contributed by atoms with Gasteiger partial charge in [0.15, 0.2) is 0 Å². The normalized spacial score (nSPS) is 10.8. The van der Waals surface area contributed by atoms with Crippen LogP contribution in [0.15, 0.2) is 35.1 Å². The molecular weight excluding hydrogens is 377 g/mol. The SMILES string of the molecule is COc1cc(F)ccc1-c1ccc(=O)n(CC(=O)NCc2c(C)nn(C)c2C)n1. The van der Waals surface area contributed by atoms with Gasteiger partial charge in [-0.3, -0.25) is 14.3 Å². The summed E-state index contributed by atoms with van der Waals surface area (Å²) < 4.78 is 21.4. The lowest BCUT2D eigenvalue weighted by molar-refractivity contribution is -0.122. The Kier molecular flexibility index (Phi) is 5.76. The second kappa shape index (κ2) is 8.26. The highest BCUT2D eigenvalue weighted by atomic mass is 19.1. The summed E-state index contributed by atoms with van der Waals surface area (Å²) in [6.07, 6.45) is 0. The van der Waals surface area contributed by atoms with Crippen molar-refractivity contribution in [3.8, 4) is 17.0 Å². The lowest BCUT2D eigenvalue weighted by Crippen LogP contribution is -2.33. The minimum atomic E-state index is -0.445. The number of halogens is 1. The van der Waals surface area contributed by atoms with Gasteiger partial charge in [-0.05, 0) is 32.0 Å². The molecule has 1 N–H and O–H groups in total. The number of ether oxygens (including phenoxy) is 1. The van der Waals surface area contributed by atoms with Crippen molar-refractivity contribution in [2.24, 2.45) is 7.05 Å². The van der Waals surface area contributed by atoms with Gasteiger partial charge >= 0.3 is 0 Å². The van der Waals surface area contributed by atoms with Gasteiger partial charge in [0.25, 0.3) is 5.56 Å². The van der Waals surface area contributed by atoms with Crippen LogP contribution in [0, 0.1) is 19.7 Å². The lowest BCUT2D eigenvalue weighted by Gasteiger charge is -2.11. The highest BCUT2D eigenvalue weighted by molar-refractivity contribution is 5.75. The third kappa shape index (κ3) is 4.34. The molecule has 0 spiro atoms. The summed E-state index contributed by atoms with van der Waals surface area (Å²) in [6.45, 7) is 3.87. The van der Waals surface area contributed by atoms with Crippen molar-refractivity contribution in [2.45, 2.75) is 26.9 Å². The average Bonchev–Trinajstić information content (AvgIpc) is 2.93. The predicted molar refractivity (Wildman–Crippen MR) is 105 cm³/mol. The molecule has 0 bridgehead atoms. The second-order valence-electron chi connectivity index (χ2n) is 6.61. The number of benzene rings is 1. The smallest absolute Gasteiger partial charge is 0.267 e. The molecule has 29 heavy (non-hydrogen) atoms. The number of carbonyl (C=O) groups excluding carboxylic acids is 1. The monoisotopic (exact) mass is 399 g/mol. The largest absolute Gasteiger partial charge is 0.496 e. The summed E-state index contributed by atoms with van der Waals surface area (Å²) in [5, 5.41) is 11.3. The maximum Gasteiger partial charge on any atom is 0.267 e. The van der Waals surface area contributed by atoms with Gasteiger partial charge in [-0.1, -0.05) is 0 Å². The zero-order chi connectivity index (χ0) is 21.1. The van der Waals surface area contributed by atoms with Crippen LogP contribution in [0.1, 0.15) is 17.0 Å². The molecule has 9 heteroatoms. The molecule has 3 aromatic rings. The Hall–Kier alpha value is -3.49. The van der Waals surface area contributed by atoms with Crippen molar-refractivity contribution >= 4 is 5.91 Å². The van der Waals surface area contributed by atoms with E-state index in [0.717, 1.165) is 21.6 Å². The Bertz CT molecular complexity index is 1120. The molecule has 0 radical (unpaired) electrons. The maximum absolute atomic E-state index is 13.4. The van der Waals surface area contributed by atoms with Crippen LogP contribution in [0.4, 0.5) is 4.39 Å². The van der Waals surface area contributed by atoms with E-state index >= 15 is 0 Å². The van der Waals surface area contributed by atoms with E-state index in [4.69, 9.17) is 4.74 Å². The van der Waals surface area contributed by atoms with Crippen molar-refractivity contribution in [3.05, 3.63) is 63.5 Å². The summed E-state index contributed by atoms with van der Waals surface area (Å²) in [6, 6.07) is 6.85. The van der Waals surface area contributed by atoms with Crippen molar-refractivity contribution in [1.29, 1.82) is 0 Å². The number of nitrogens with one attached hydrogen (secondary N) is 1. The van der Waals surface area contributed by atoms with Gasteiger partial charge in [0.1, 0.15) is 18.1 Å². The molecule has 0 unspecified atom stereocenters. The second-order valence-corrected chi connectivity index (χ2v) is 6.61. The summed E-state index contributed by atoms with van der Waals surface area (Å²) in [7, 11) is 3.26. The summed E-state index contributed by atoms with van der Waals surface area (Å²) in [4.78, 5) is 24.5. The zero-order valence-electron chi connectivity index (χ0n) is 16.7. The van der Waals surface area contributed by atoms with Crippen molar-refractivity contribution < 1.29 is 13.9 Å². The number of rotatable bonds is 6. The molecule has 2 aromatic heterocycles. The quantitative estimate of drug-likeness (QED) is 0.682. The van der Waals surface area contributed by atoms with E-state index < -0.39 is 11.4 Å². The Morgan fingerprint density at radius 1 is 1.21 bits per heavy atom. The number of amides is 1. The highest BCUT2D eigenvalue weighted by Crippen LogP contribution is 2.28. The predicted octanol–water partition coefficient (Wildman–Crippen LogP) is 1.72. The van der Waals surface area contributed by atoms with E-state index in [1.807, 2.05) is 20.9 Å². The number of hydrogen-bond donors (Lipinski definition) is 1. The van der Waals surface area contributed by atoms with E-state index in [1.165, 1.54) is 37.4 Å². The fourth-order valence-electron chi connectivity index (χ4n) is 3.03. The van der Waals surface area contributed by atoms with Crippen molar-refractivity contribution in [2.75, 3.05) is 7.11 Å². The first kappa shape index (κ1) is 20.2. The first-order valence-electron chi connectivity index (χ1n) is 8.98. The first-order valence-corrected chi connectivity index (χ1v) is 8.98. The molecule has 1 aromatic carbocycles. The number of hydrogen-bond acceptors (Lipinski definition) is 5. The molecule has 0 fully saturated rings. The molecule has 1 amide bonds. The van der Waals surface area contributed by atoms with Gasteiger partial charge in [-0.2, -0.15) is 10.2 Å². The average molecular weight is 399 g/mol. The summed E-state index contributed by atoms with van der Waals surface area (Å²) in [5.74, 6) is -0.514. The fraction of sp³-hybridized carbons (Fsp3) is 0.300. The maximum atomic E-state index is 13.4. The van der Waals surface area contributed by atoms with Crippen LogP contribution in [0.3, 0.4) is 0 Å². The molecule has 152 valence electrons. The molecule has 2 heterocycles. The topological polar surface area (TPSA) is 91.0 Å². The molecule has 0 atom stereocenters. The molecule has 0 saturated heterocycles. The van der Waals surface area contributed by atoms with E-state index in [1.54, 1.807) is 4.68 Å². The van der Waals surface area contributed by atoms with Gasteiger partial charge in [-0.15, -0.1) is 0 Å². The number of aromatic nitrogens is 4. The van der Waals surface area contributed by atoms with E-state index in [-0.39, 0.29) is 18.2 Å². The molecule has 0 aliphatic heterocycles. The van der Waals surface area contributed by atoms with Gasteiger partial charge in [-0.25, -0.2) is 9.07 Å². The van der Waals surface area contributed by atoms with E-state index in [2.05, 4.69) is 15.5 Å².